The molecule has 2 heterocycles. The molecule has 0 aromatic heterocycles. The average Bonchev–Trinajstić information content (AvgIpc) is 2.85. The van der Waals surface area contributed by atoms with Crippen LogP contribution >= 0.6 is 0 Å². The molecule has 1 saturated carbocycles. The molecule has 1 unspecified atom stereocenters. The quantitative estimate of drug-likeness (QED) is 0.842. The van der Waals surface area contributed by atoms with E-state index in [2.05, 4.69) is 26.3 Å². The van der Waals surface area contributed by atoms with Crippen LogP contribution in [0.1, 0.15) is 59.3 Å². The SMILES string of the molecule is CC1=C2OC3(CCCCC3)OC23ON[C@H](CC(C)C)[C@H]13. The van der Waals surface area contributed by atoms with Crippen molar-refractivity contribution in [2.45, 2.75) is 76.9 Å². The number of hydroxylamine groups is 1. The summed E-state index contributed by atoms with van der Waals surface area (Å²) in [5.74, 6) is 0.914. The van der Waals surface area contributed by atoms with Crippen LogP contribution in [-0.2, 0) is 14.3 Å². The Hall–Kier alpha value is -0.580. The molecule has 3 fully saturated rings. The second-order valence-electron chi connectivity index (χ2n) is 7.29. The van der Waals surface area contributed by atoms with E-state index < -0.39 is 11.6 Å². The van der Waals surface area contributed by atoms with Gasteiger partial charge in [0.05, 0.1) is 5.92 Å². The third-order valence-corrected chi connectivity index (χ3v) is 5.28. The van der Waals surface area contributed by atoms with E-state index in [1.165, 1.54) is 24.8 Å². The van der Waals surface area contributed by atoms with E-state index in [1.807, 2.05) is 0 Å². The standard InChI is InChI=1S/C16H25NO3/c1-10(2)9-12-13-11(3)14-16(13,20-17-12)19-15(18-14)7-5-4-6-8-15/h10,12-13,17H,4-9H2,1-3H3/t12-,13+,16?/m1/s1. The van der Waals surface area contributed by atoms with Crippen molar-refractivity contribution in [2.75, 3.05) is 0 Å². The van der Waals surface area contributed by atoms with Crippen molar-refractivity contribution in [2.24, 2.45) is 11.8 Å². The fraction of sp³-hybridized carbons (Fsp3) is 0.875. The Morgan fingerprint density at radius 2 is 2.00 bits per heavy atom. The Kier molecular flexibility index (Phi) is 2.76. The highest BCUT2D eigenvalue weighted by molar-refractivity contribution is 5.39. The number of hydrogen-bond donors (Lipinski definition) is 1. The predicted octanol–water partition coefficient (Wildman–Crippen LogP) is 3.24. The summed E-state index contributed by atoms with van der Waals surface area (Å²) in [5, 5.41) is 0. The van der Waals surface area contributed by atoms with Crippen molar-refractivity contribution in [3.05, 3.63) is 11.3 Å². The number of rotatable bonds is 2. The van der Waals surface area contributed by atoms with Gasteiger partial charge in [0.25, 0.3) is 5.79 Å². The fourth-order valence-corrected chi connectivity index (χ4v) is 4.42. The van der Waals surface area contributed by atoms with Crippen molar-refractivity contribution in [3.8, 4) is 0 Å². The first-order valence-electron chi connectivity index (χ1n) is 8.10. The molecule has 0 aromatic rings. The maximum atomic E-state index is 6.42. The molecule has 0 radical (unpaired) electrons. The van der Waals surface area contributed by atoms with Gasteiger partial charge in [0.2, 0.25) is 5.79 Å². The summed E-state index contributed by atoms with van der Waals surface area (Å²) in [6.07, 6.45) is 6.77. The second kappa shape index (κ2) is 4.21. The first-order chi connectivity index (χ1) is 9.56. The Morgan fingerprint density at radius 3 is 2.70 bits per heavy atom. The minimum atomic E-state index is -0.610. The lowest BCUT2D eigenvalue weighted by Gasteiger charge is -2.39. The summed E-state index contributed by atoms with van der Waals surface area (Å²) in [5.41, 5.74) is 4.54. The normalized spacial score (nSPS) is 41.6. The Labute approximate surface area is 120 Å². The Balaban J connectivity index is 1.60. The summed E-state index contributed by atoms with van der Waals surface area (Å²) in [6.45, 7) is 6.67. The highest BCUT2D eigenvalue weighted by Gasteiger charge is 2.72. The van der Waals surface area contributed by atoms with E-state index in [-0.39, 0.29) is 0 Å². The van der Waals surface area contributed by atoms with Crippen LogP contribution in [0.2, 0.25) is 0 Å². The number of nitrogens with one attached hydrogen (secondary N) is 1. The van der Waals surface area contributed by atoms with Gasteiger partial charge < -0.3 is 4.74 Å². The lowest BCUT2D eigenvalue weighted by Crippen LogP contribution is -2.50. The number of ether oxygens (including phenoxy) is 2. The molecule has 1 N–H and O–H groups in total. The third-order valence-electron chi connectivity index (χ3n) is 5.28. The zero-order valence-electron chi connectivity index (χ0n) is 12.7. The minimum absolute atomic E-state index is 0.321. The van der Waals surface area contributed by atoms with Crippen LogP contribution in [0.3, 0.4) is 0 Å². The molecule has 0 amide bonds. The maximum absolute atomic E-state index is 6.42. The van der Waals surface area contributed by atoms with E-state index in [0.29, 0.717) is 17.9 Å². The smallest absolute Gasteiger partial charge is 0.257 e. The van der Waals surface area contributed by atoms with Gasteiger partial charge >= 0.3 is 0 Å². The van der Waals surface area contributed by atoms with Crippen LogP contribution in [-0.4, -0.2) is 17.6 Å². The third kappa shape index (κ3) is 1.59. The van der Waals surface area contributed by atoms with Gasteiger partial charge in [-0.3, -0.25) is 9.57 Å². The topological polar surface area (TPSA) is 39.7 Å². The largest absolute Gasteiger partial charge is 0.461 e. The molecule has 0 bridgehead atoms. The number of hydrogen-bond acceptors (Lipinski definition) is 4. The van der Waals surface area contributed by atoms with Crippen LogP contribution in [0.15, 0.2) is 11.3 Å². The van der Waals surface area contributed by atoms with E-state index in [4.69, 9.17) is 14.3 Å². The molecule has 3 atom stereocenters. The van der Waals surface area contributed by atoms with Crippen molar-refractivity contribution in [1.29, 1.82) is 0 Å². The molecule has 2 aliphatic carbocycles. The van der Waals surface area contributed by atoms with Gasteiger partial charge in [-0.05, 0) is 37.7 Å². The zero-order chi connectivity index (χ0) is 14.0. The molecule has 20 heavy (non-hydrogen) atoms. The average molecular weight is 279 g/mol. The van der Waals surface area contributed by atoms with E-state index >= 15 is 0 Å². The van der Waals surface area contributed by atoms with Crippen LogP contribution in [0, 0.1) is 11.8 Å². The lowest BCUT2D eigenvalue weighted by molar-refractivity contribution is -0.281. The second-order valence-corrected chi connectivity index (χ2v) is 7.29. The molecule has 112 valence electrons. The lowest BCUT2D eigenvalue weighted by atomic mass is 9.72. The molecule has 4 aliphatic rings. The van der Waals surface area contributed by atoms with Crippen LogP contribution in [0.5, 0.6) is 0 Å². The van der Waals surface area contributed by atoms with Gasteiger partial charge in [0.15, 0.2) is 5.76 Å². The molecule has 2 spiro atoms. The highest BCUT2D eigenvalue weighted by atomic mass is 16.9. The summed E-state index contributed by atoms with van der Waals surface area (Å²) in [4.78, 5) is 5.92. The monoisotopic (exact) mass is 279 g/mol. The molecule has 0 aromatic carbocycles. The van der Waals surface area contributed by atoms with Gasteiger partial charge in [-0.2, -0.15) is 5.48 Å². The minimum Gasteiger partial charge on any atom is -0.461 e. The molecular weight excluding hydrogens is 254 g/mol. The van der Waals surface area contributed by atoms with E-state index in [1.54, 1.807) is 0 Å². The van der Waals surface area contributed by atoms with Crippen molar-refractivity contribution >= 4 is 0 Å². The molecule has 2 saturated heterocycles. The van der Waals surface area contributed by atoms with Crippen molar-refractivity contribution in [1.82, 2.24) is 5.48 Å². The van der Waals surface area contributed by atoms with Gasteiger partial charge in [0, 0.05) is 18.9 Å². The van der Waals surface area contributed by atoms with Crippen LogP contribution < -0.4 is 5.48 Å². The zero-order valence-corrected chi connectivity index (χ0v) is 12.7. The molecule has 4 nitrogen and oxygen atoms in total. The summed E-state index contributed by atoms with van der Waals surface area (Å²) < 4.78 is 12.7. The van der Waals surface area contributed by atoms with Crippen molar-refractivity contribution < 1.29 is 14.3 Å². The van der Waals surface area contributed by atoms with Gasteiger partial charge in [-0.1, -0.05) is 20.3 Å². The van der Waals surface area contributed by atoms with Crippen LogP contribution in [0.25, 0.3) is 0 Å². The van der Waals surface area contributed by atoms with E-state index in [9.17, 15) is 0 Å². The van der Waals surface area contributed by atoms with Gasteiger partial charge in [0.1, 0.15) is 0 Å². The first-order valence-corrected chi connectivity index (χ1v) is 8.10. The first kappa shape index (κ1) is 13.1. The fourth-order valence-electron chi connectivity index (χ4n) is 4.42. The summed E-state index contributed by atoms with van der Waals surface area (Å²) in [7, 11) is 0. The van der Waals surface area contributed by atoms with Gasteiger partial charge in [-0.15, -0.1) is 0 Å². The Bertz CT molecular complexity index is 453. The van der Waals surface area contributed by atoms with Crippen molar-refractivity contribution in [3.63, 3.8) is 0 Å². The predicted molar refractivity (Wildman–Crippen MR) is 74.4 cm³/mol. The highest BCUT2D eigenvalue weighted by Crippen LogP contribution is 2.62. The maximum Gasteiger partial charge on any atom is 0.257 e. The molecular formula is C16H25NO3. The van der Waals surface area contributed by atoms with E-state index in [0.717, 1.165) is 25.0 Å². The van der Waals surface area contributed by atoms with Gasteiger partial charge in [-0.25, -0.2) is 0 Å². The Morgan fingerprint density at radius 1 is 1.25 bits per heavy atom. The molecule has 4 rings (SSSR count). The van der Waals surface area contributed by atoms with Crippen LogP contribution in [0.4, 0.5) is 0 Å². The molecule has 4 heteroatoms. The summed E-state index contributed by atoms with van der Waals surface area (Å²) >= 11 is 0. The molecule has 2 aliphatic heterocycles. The summed E-state index contributed by atoms with van der Waals surface area (Å²) in [6, 6.07) is 0.348.